The van der Waals surface area contributed by atoms with Gasteiger partial charge < -0.3 is 10.1 Å². The van der Waals surface area contributed by atoms with Crippen molar-refractivity contribution in [1.82, 2.24) is 4.31 Å². The van der Waals surface area contributed by atoms with Crippen molar-refractivity contribution >= 4 is 21.6 Å². The van der Waals surface area contributed by atoms with E-state index < -0.39 is 10.0 Å². The standard InChI is InChI=1S/C24H29FN2O4S/c1-16(2)31-23-11-10-19(32(29,30)27-12-4-3-5-13-27)14-22(23)26-24(28)21-15-20(21)17-6-8-18(25)9-7-17/h6-11,14,16,20-21H,3-5,12-13,15H2,1-2H3,(H,26,28). The van der Waals surface area contributed by atoms with E-state index in [0.29, 0.717) is 30.9 Å². The summed E-state index contributed by atoms with van der Waals surface area (Å²) in [6, 6.07) is 10.8. The number of ether oxygens (including phenoxy) is 1. The van der Waals surface area contributed by atoms with Gasteiger partial charge in [0.1, 0.15) is 11.6 Å². The minimum atomic E-state index is -3.64. The number of anilines is 1. The average Bonchev–Trinajstić information content (AvgIpc) is 3.57. The summed E-state index contributed by atoms with van der Waals surface area (Å²) < 4.78 is 46.7. The summed E-state index contributed by atoms with van der Waals surface area (Å²) in [6.45, 7) is 4.76. The second-order valence-electron chi connectivity index (χ2n) is 8.78. The number of benzene rings is 2. The molecule has 2 atom stereocenters. The molecule has 8 heteroatoms. The van der Waals surface area contributed by atoms with Crippen molar-refractivity contribution in [2.75, 3.05) is 18.4 Å². The molecule has 2 fully saturated rings. The fourth-order valence-corrected chi connectivity index (χ4v) is 5.71. The highest BCUT2D eigenvalue weighted by Crippen LogP contribution is 2.48. The number of carbonyl (C=O) groups is 1. The highest BCUT2D eigenvalue weighted by atomic mass is 32.2. The Morgan fingerprint density at radius 2 is 1.78 bits per heavy atom. The highest BCUT2D eigenvalue weighted by molar-refractivity contribution is 7.89. The van der Waals surface area contributed by atoms with Gasteiger partial charge in [-0.15, -0.1) is 0 Å². The van der Waals surface area contributed by atoms with Crippen LogP contribution in [0.5, 0.6) is 5.75 Å². The third-order valence-corrected chi connectivity index (χ3v) is 7.84. The Morgan fingerprint density at radius 3 is 2.44 bits per heavy atom. The monoisotopic (exact) mass is 460 g/mol. The summed E-state index contributed by atoms with van der Waals surface area (Å²) in [5.74, 6) is -0.275. The minimum absolute atomic E-state index is 0.0327. The molecule has 1 aliphatic carbocycles. The summed E-state index contributed by atoms with van der Waals surface area (Å²) in [5.41, 5.74) is 1.28. The number of amides is 1. The first-order valence-corrected chi connectivity index (χ1v) is 12.6. The van der Waals surface area contributed by atoms with Crippen molar-refractivity contribution in [3.63, 3.8) is 0 Å². The van der Waals surface area contributed by atoms with Crippen molar-refractivity contribution in [3.05, 3.63) is 53.8 Å². The molecule has 2 unspecified atom stereocenters. The van der Waals surface area contributed by atoms with Gasteiger partial charge >= 0.3 is 0 Å². The average molecular weight is 461 g/mol. The van der Waals surface area contributed by atoms with Crippen LogP contribution >= 0.6 is 0 Å². The number of piperidine rings is 1. The lowest BCUT2D eigenvalue weighted by Gasteiger charge is -2.26. The van der Waals surface area contributed by atoms with Gasteiger partial charge in [-0.25, -0.2) is 12.8 Å². The molecule has 0 bridgehead atoms. The summed E-state index contributed by atoms with van der Waals surface area (Å²) in [7, 11) is -3.64. The zero-order valence-electron chi connectivity index (χ0n) is 18.4. The maximum Gasteiger partial charge on any atom is 0.243 e. The van der Waals surface area contributed by atoms with Gasteiger partial charge in [0.05, 0.1) is 16.7 Å². The predicted octanol–water partition coefficient (Wildman–Crippen LogP) is 4.53. The number of carbonyl (C=O) groups excluding carboxylic acids is 1. The van der Waals surface area contributed by atoms with Crippen LogP contribution in [-0.4, -0.2) is 37.8 Å². The molecule has 0 aromatic heterocycles. The first-order valence-electron chi connectivity index (χ1n) is 11.1. The molecule has 1 saturated heterocycles. The molecule has 2 aromatic carbocycles. The number of nitrogens with zero attached hydrogens (tertiary/aromatic N) is 1. The van der Waals surface area contributed by atoms with Gasteiger partial charge in [-0.1, -0.05) is 18.6 Å². The zero-order chi connectivity index (χ0) is 22.9. The lowest BCUT2D eigenvalue weighted by atomic mass is 10.1. The lowest BCUT2D eigenvalue weighted by Crippen LogP contribution is -2.35. The molecule has 4 rings (SSSR count). The topological polar surface area (TPSA) is 75.7 Å². The second kappa shape index (κ2) is 9.19. The van der Waals surface area contributed by atoms with Crippen molar-refractivity contribution in [2.24, 2.45) is 5.92 Å². The molecule has 1 aliphatic heterocycles. The third-order valence-electron chi connectivity index (χ3n) is 5.95. The molecular weight excluding hydrogens is 431 g/mol. The largest absolute Gasteiger partial charge is 0.489 e. The van der Waals surface area contributed by atoms with E-state index >= 15 is 0 Å². The van der Waals surface area contributed by atoms with Gasteiger partial charge in [0, 0.05) is 19.0 Å². The van der Waals surface area contributed by atoms with E-state index in [1.54, 1.807) is 18.2 Å². The SMILES string of the molecule is CC(C)Oc1ccc(S(=O)(=O)N2CCCCC2)cc1NC(=O)C1CC1c1ccc(F)cc1. The number of hydrogen-bond acceptors (Lipinski definition) is 4. The van der Waals surface area contributed by atoms with Gasteiger partial charge in [-0.3, -0.25) is 4.79 Å². The van der Waals surface area contributed by atoms with Crippen LogP contribution in [0.3, 0.4) is 0 Å². The number of halogens is 1. The van der Waals surface area contributed by atoms with Gasteiger partial charge in [0.25, 0.3) is 0 Å². The number of hydrogen-bond donors (Lipinski definition) is 1. The number of rotatable bonds is 7. The summed E-state index contributed by atoms with van der Waals surface area (Å²) in [4.78, 5) is 13.1. The molecule has 2 aromatic rings. The normalized spacial score (nSPS) is 21.4. The van der Waals surface area contributed by atoms with Crippen LogP contribution in [0.15, 0.2) is 47.4 Å². The Labute approximate surface area is 188 Å². The molecular formula is C24H29FN2O4S. The Bertz CT molecular complexity index is 1080. The minimum Gasteiger partial charge on any atom is -0.489 e. The van der Waals surface area contributed by atoms with Gasteiger partial charge in [-0.05, 0) is 74.9 Å². The van der Waals surface area contributed by atoms with Crippen LogP contribution in [0.1, 0.15) is 51.0 Å². The molecule has 1 amide bonds. The lowest BCUT2D eigenvalue weighted by molar-refractivity contribution is -0.117. The van der Waals surface area contributed by atoms with Crippen LogP contribution < -0.4 is 10.1 Å². The van der Waals surface area contributed by atoms with Gasteiger partial charge in [0.2, 0.25) is 15.9 Å². The third kappa shape index (κ3) is 4.96. The van der Waals surface area contributed by atoms with E-state index in [1.165, 1.54) is 28.6 Å². The van der Waals surface area contributed by atoms with Crippen molar-refractivity contribution in [2.45, 2.75) is 56.4 Å². The quantitative estimate of drug-likeness (QED) is 0.659. The molecule has 0 radical (unpaired) electrons. The van der Waals surface area contributed by atoms with E-state index in [4.69, 9.17) is 4.74 Å². The van der Waals surface area contributed by atoms with Crippen molar-refractivity contribution in [1.29, 1.82) is 0 Å². The van der Waals surface area contributed by atoms with Crippen LogP contribution in [0, 0.1) is 11.7 Å². The molecule has 6 nitrogen and oxygen atoms in total. The Balaban J connectivity index is 1.55. The molecule has 1 N–H and O–H groups in total. The Morgan fingerprint density at radius 1 is 1.09 bits per heavy atom. The van der Waals surface area contributed by atoms with Crippen LogP contribution in [0.25, 0.3) is 0 Å². The van der Waals surface area contributed by atoms with Crippen molar-refractivity contribution < 1.29 is 22.3 Å². The second-order valence-corrected chi connectivity index (χ2v) is 10.7. The molecule has 172 valence electrons. The van der Waals surface area contributed by atoms with E-state index in [2.05, 4.69) is 5.32 Å². The fourth-order valence-electron chi connectivity index (χ4n) is 4.17. The molecule has 32 heavy (non-hydrogen) atoms. The molecule has 1 saturated carbocycles. The first-order chi connectivity index (χ1) is 15.3. The van der Waals surface area contributed by atoms with Gasteiger partial charge in [0.15, 0.2) is 0 Å². The molecule has 2 aliphatic rings. The Kier molecular flexibility index (Phi) is 6.53. The maximum atomic E-state index is 13.2. The zero-order valence-corrected chi connectivity index (χ0v) is 19.2. The maximum absolute atomic E-state index is 13.2. The van der Waals surface area contributed by atoms with Crippen molar-refractivity contribution in [3.8, 4) is 5.75 Å². The molecule has 1 heterocycles. The van der Waals surface area contributed by atoms with E-state index in [-0.39, 0.29) is 34.6 Å². The highest BCUT2D eigenvalue weighted by Gasteiger charge is 2.44. The number of nitrogens with one attached hydrogen (secondary N) is 1. The van der Waals surface area contributed by atoms with Crippen LogP contribution in [0.4, 0.5) is 10.1 Å². The van der Waals surface area contributed by atoms with Gasteiger partial charge in [-0.2, -0.15) is 4.31 Å². The predicted molar refractivity (Wildman–Crippen MR) is 121 cm³/mol. The first kappa shape index (κ1) is 22.7. The summed E-state index contributed by atoms with van der Waals surface area (Å²) >= 11 is 0. The smallest absolute Gasteiger partial charge is 0.243 e. The summed E-state index contributed by atoms with van der Waals surface area (Å²) in [5, 5.41) is 2.88. The van der Waals surface area contributed by atoms with Crippen LogP contribution in [-0.2, 0) is 14.8 Å². The Hall–Kier alpha value is -2.45. The van der Waals surface area contributed by atoms with E-state index in [0.717, 1.165) is 24.8 Å². The number of sulfonamides is 1. The van der Waals surface area contributed by atoms with Crippen LogP contribution in [0.2, 0.25) is 0 Å². The van der Waals surface area contributed by atoms with E-state index in [1.807, 2.05) is 13.8 Å². The van der Waals surface area contributed by atoms with E-state index in [9.17, 15) is 17.6 Å². The summed E-state index contributed by atoms with van der Waals surface area (Å²) in [6.07, 6.45) is 3.27. The fraction of sp³-hybridized carbons (Fsp3) is 0.458. The molecule has 0 spiro atoms.